The lowest BCUT2D eigenvalue weighted by molar-refractivity contribution is -0.143. The molecule has 1 aromatic heterocycles. The maximum Gasteiger partial charge on any atom is 0.306 e. The Morgan fingerprint density at radius 2 is 2.00 bits per heavy atom. The molecule has 1 heterocycles. The molecule has 0 aliphatic carbocycles. The monoisotopic (exact) mass is 371 g/mol. The van der Waals surface area contributed by atoms with Gasteiger partial charge in [0.1, 0.15) is 0 Å². The normalized spacial score (nSPS) is 10.9. The van der Waals surface area contributed by atoms with E-state index in [0.717, 1.165) is 32.2 Å². The number of hydrogen-bond acceptors (Lipinski definition) is 2. The van der Waals surface area contributed by atoms with Crippen molar-refractivity contribution in [2.45, 2.75) is 19.8 Å². The maximum atomic E-state index is 11.5. The number of aromatic amines is 1. The Bertz CT molecular complexity index is 838. The van der Waals surface area contributed by atoms with Crippen LogP contribution in [0.5, 0.6) is 0 Å². The van der Waals surface area contributed by atoms with Gasteiger partial charge in [0.05, 0.1) is 6.61 Å². The third kappa shape index (κ3) is 3.64. The zero-order valence-corrected chi connectivity index (χ0v) is 14.5. The number of aromatic nitrogens is 1. The highest BCUT2D eigenvalue weighted by Crippen LogP contribution is 2.30. The van der Waals surface area contributed by atoms with E-state index in [1.54, 1.807) is 0 Å². The van der Waals surface area contributed by atoms with Gasteiger partial charge in [0.25, 0.3) is 0 Å². The first-order valence-electron chi connectivity index (χ1n) is 7.69. The molecule has 0 fully saturated rings. The molecule has 3 aromatic rings. The summed E-state index contributed by atoms with van der Waals surface area (Å²) in [5.74, 6) is -0.143. The molecular weight excluding hydrogens is 354 g/mol. The summed E-state index contributed by atoms with van der Waals surface area (Å²) >= 11 is 3.59. The van der Waals surface area contributed by atoms with Crippen LogP contribution < -0.4 is 0 Å². The van der Waals surface area contributed by atoms with Crippen molar-refractivity contribution >= 4 is 32.8 Å². The lowest BCUT2D eigenvalue weighted by Crippen LogP contribution is -2.04. The maximum absolute atomic E-state index is 11.5. The fraction of sp³-hybridized carbons (Fsp3) is 0.211. The van der Waals surface area contributed by atoms with Crippen molar-refractivity contribution in [1.29, 1.82) is 0 Å². The van der Waals surface area contributed by atoms with Gasteiger partial charge in [-0.1, -0.05) is 40.2 Å². The van der Waals surface area contributed by atoms with Crippen LogP contribution in [0.25, 0.3) is 22.2 Å². The van der Waals surface area contributed by atoms with Gasteiger partial charge in [-0.3, -0.25) is 4.79 Å². The number of esters is 1. The third-order valence-electron chi connectivity index (χ3n) is 3.77. The van der Waals surface area contributed by atoms with E-state index in [-0.39, 0.29) is 5.97 Å². The number of rotatable bonds is 5. The fourth-order valence-electron chi connectivity index (χ4n) is 2.64. The van der Waals surface area contributed by atoms with E-state index < -0.39 is 0 Å². The van der Waals surface area contributed by atoms with Crippen molar-refractivity contribution in [2.24, 2.45) is 0 Å². The summed E-state index contributed by atoms with van der Waals surface area (Å²) in [5.41, 5.74) is 4.45. The van der Waals surface area contributed by atoms with Gasteiger partial charge in [-0.2, -0.15) is 0 Å². The summed E-state index contributed by atoms with van der Waals surface area (Å²) in [6.07, 6.45) is 1.12. The van der Waals surface area contributed by atoms with Crippen LogP contribution in [-0.4, -0.2) is 17.6 Å². The van der Waals surface area contributed by atoms with E-state index in [1.165, 1.54) is 0 Å². The Morgan fingerprint density at radius 3 is 2.78 bits per heavy atom. The number of ether oxygens (including phenoxy) is 1. The summed E-state index contributed by atoms with van der Waals surface area (Å²) in [7, 11) is 0. The minimum Gasteiger partial charge on any atom is -0.466 e. The molecule has 0 saturated heterocycles. The van der Waals surface area contributed by atoms with Gasteiger partial charge in [-0.25, -0.2) is 0 Å². The highest BCUT2D eigenvalue weighted by Gasteiger charge is 2.08. The first kappa shape index (κ1) is 15.8. The number of H-pyrrole nitrogens is 1. The van der Waals surface area contributed by atoms with Gasteiger partial charge in [-0.15, -0.1) is 0 Å². The van der Waals surface area contributed by atoms with E-state index in [2.05, 4.69) is 51.2 Å². The smallest absolute Gasteiger partial charge is 0.306 e. The van der Waals surface area contributed by atoms with Gasteiger partial charge in [-0.05, 0) is 43.2 Å². The van der Waals surface area contributed by atoms with Crippen LogP contribution >= 0.6 is 15.9 Å². The second-order valence-electron chi connectivity index (χ2n) is 5.39. The molecule has 3 nitrogen and oxygen atoms in total. The zero-order chi connectivity index (χ0) is 16.2. The molecule has 3 rings (SSSR count). The molecule has 0 aliphatic heterocycles. The van der Waals surface area contributed by atoms with E-state index in [4.69, 9.17) is 4.74 Å². The van der Waals surface area contributed by atoms with E-state index in [0.29, 0.717) is 19.4 Å². The second kappa shape index (κ2) is 7.01. The number of nitrogens with one attached hydrogen (secondary N) is 1. The summed E-state index contributed by atoms with van der Waals surface area (Å²) < 4.78 is 6.04. The number of halogens is 1. The number of carbonyl (C=O) groups is 1. The van der Waals surface area contributed by atoms with Gasteiger partial charge < -0.3 is 9.72 Å². The molecule has 0 aliphatic rings. The average Bonchev–Trinajstić information content (AvgIpc) is 2.96. The number of aryl methyl sites for hydroxylation is 1. The highest BCUT2D eigenvalue weighted by atomic mass is 79.9. The quantitative estimate of drug-likeness (QED) is 0.634. The Morgan fingerprint density at radius 1 is 1.17 bits per heavy atom. The van der Waals surface area contributed by atoms with Crippen molar-refractivity contribution in [2.75, 3.05) is 6.61 Å². The summed E-state index contributed by atoms with van der Waals surface area (Å²) in [6, 6.07) is 16.5. The Balaban J connectivity index is 1.84. The predicted octanol–water partition coefficient (Wildman–Crippen LogP) is 5.09. The summed E-state index contributed by atoms with van der Waals surface area (Å²) in [6.45, 7) is 2.26. The predicted molar refractivity (Wildman–Crippen MR) is 96.4 cm³/mol. The molecule has 0 atom stereocenters. The topological polar surface area (TPSA) is 42.1 Å². The number of benzene rings is 2. The molecule has 23 heavy (non-hydrogen) atoms. The number of hydrogen-bond donors (Lipinski definition) is 1. The molecular formula is C19H18BrNO2. The van der Waals surface area contributed by atoms with E-state index in [9.17, 15) is 4.79 Å². The van der Waals surface area contributed by atoms with Crippen LogP contribution in [0.4, 0.5) is 0 Å². The summed E-state index contributed by atoms with van der Waals surface area (Å²) in [4.78, 5) is 14.9. The zero-order valence-electron chi connectivity index (χ0n) is 12.9. The summed E-state index contributed by atoms with van der Waals surface area (Å²) in [5, 5.41) is 1.15. The van der Waals surface area contributed by atoms with Gasteiger partial charge in [0.2, 0.25) is 0 Å². The molecule has 2 aromatic carbocycles. The third-order valence-corrected chi connectivity index (χ3v) is 4.46. The Kier molecular flexibility index (Phi) is 4.82. The van der Waals surface area contributed by atoms with E-state index in [1.807, 2.05) is 25.1 Å². The standard InChI is InChI=1S/C19H18BrNO2/c1-2-23-19(22)10-8-13-7-9-17-14(11-13)12-18(21-17)15-5-3-4-6-16(15)20/h3-7,9,11-12,21H,2,8,10H2,1H3. The average molecular weight is 372 g/mol. The van der Waals surface area contributed by atoms with Crippen LogP contribution in [0.3, 0.4) is 0 Å². The second-order valence-corrected chi connectivity index (χ2v) is 6.24. The first-order valence-corrected chi connectivity index (χ1v) is 8.49. The largest absolute Gasteiger partial charge is 0.466 e. The van der Waals surface area contributed by atoms with Crippen LogP contribution in [0.2, 0.25) is 0 Å². The lowest BCUT2D eigenvalue weighted by atomic mass is 10.1. The fourth-order valence-corrected chi connectivity index (χ4v) is 3.14. The van der Waals surface area contributed by atoms with Gasteiger partial charge >= 0.3 is 5.97 Å². The Labute approximate surface area is 143 Å². The molecule has 0 amide bonds. The van der Waals surface area contributed by atoms with Crippen molar-refractivity contribution in [1.82, 2.24) is 4.98 Å². The lowest BCUT2D eigenvalue weighted by Gasteiger charge is -2.02. The van der Waals surface area contributed by atoms with Crippen molar-refractivity contribution in [3.8, 4) is 11.3 Å². The molecule has 0 radical (unpaired) electrons. The van der Waals surface area contributed by atoms with Crippen LogP contribution in [0, 0.1) is 0 Å². The van der Waals surface area contributed by atoms with Gasteiger partial charge in [0.15, 0.2) is 0 Å². The number of fused-ring (bicyclic) bond motifs is 1. The molecule has 0 spiro atoms. The van der Waals surface area contributed by atoms with Crippen LogP contribution in [0.15, 0.2) is 53.0 Å². The SMILES string of the molecule is CCOC(=O)CCc1ccc2[nH]c(-c3ccccc3Br)cc2c1. The molecule has 0 saturated carbocycles. The van der Waals surface area contributed by atoms with Crippen molar-refractivity contribution in [3.63, 3.8) is 0 Å². The molecule has 118 valence electrons. The van der Waals surface area contributed by atoms with Crippen molar-refractivity contribution < 1.29 is 9.53 Å². The van der Waals surface area contributed by atoms with E-state index >= 15 is 0 Å². The van der Waals surface area contributed by atoms with Crippen molar-refractivity contribution in [3.05, 3.63) is 58.6 Å². The first-order chi connectivity index (χ1) is 11.2. The molecule has 4 heteroatoms. The number of carbonyl (C=O) groups excluding carboxylic acids is 1. The minimum absolute atomic E-state index is 0.143. The van der Waals surface area contributed by atoms with Gasteiger partial charge in [0, 0.05) is 33.1 Å². The minimum atomic E-state index is -0.143. The molecule has 0 unspecified atom stereocenters. The highest BCUT2D eigenvalue weighted by molar-refractivity contribution is 9.10. The molecule has 0 bridgehead atoms. The van der Waals surface area contributed by atoms with Crippen LogP contribution in [-0.2, 0) is 16.0 Å². The Hall–Kier alpha value is -2.07. The van der Waals surface area contributed by atoms with Crippen LogP contribution in [0.1, 0.15) is 18.9 Å². The molecule has 1 N–H and O–H groups in total.